The van der Waals surface area contributed by atoms with Gasteiger partial charge in [-0.05, 0) is 12.1 Å². The number of hydrogen-bond acceptors (Lipinski definition) is 2. The van der Waals surface area contributed by atoms with Crippen molar-refractivity contribution >= 4 is 0 Å². The Morgan fingerprint density at radius 3 is 2.53 bits per heavy atom. The van der Waals surface area contributed by atoms with Crippen LogP contribution in [0.1, 0.15) is 5.56 Å². The molecule has 0 unspecified atom stereocenters. The summed E-state index contributed by atoms with van der Waals surface area (Å²) in [7, 11) is 1.74. The third-order valence-corrected chi connectivity index (χ3v) is 4.32. The van der Waals surface area contributed by atoms with Crippen molar-refractivity contribution in [3.05, 3.63) is 29.8 Å². The molecular formula is C14H21N2O+. The van der Waals surface area contributed by atoms with E-state index < -0.39 is 0 Å². The van der Waals surface area contributed by atoms with Gasteiger partial charge in [0.25, 0.3) is 0 Å². The number of quaternary nitrogens is 1. The second kappa shape index (κ2) is 4.31. The topological polar surface area (TPSA) is 12.5 Å². The molecule has 3 aliphatic rings. The highest BCUT2D eigenvalue weighted by molar-refractivity contribution is 5.27. The van der Waals surface area contributed by atoms with Crippen LogP contribution in [0.15, 0.2) is 24.3 Å². The van der Waals surface area contributed by atoms with Crippen molar-refractivity contribution in [2.24, 2.45) is 0 Å². The lowest BCUT2D eigenvalue weighted by Gasteiger charge is -2.50. The van der Waals surface area contributed by atoms with E-state index in [0.29, 0.717) is 0 Å². The summed E-state index contributed by atoms with van der Waals surface area (Å²) >= 11 is 0. The van der Waals surface area contributed by atoms with E-state index in [9.17, 15) is 0 Å². The fraction of sp³-hybridized carbons (Fsp3) is 0.571. The SMILES string of the molecule is COc1cccc(C[N+]23CCN(CC2)CC3)c1. The zero-order valence-electron chi connectivity index (χ0n) is 10.6. The first kappa shape index (κ1) is 11.1. The van der Waals surface area contributed by atoms with Crippen LogP contribution in [-0.4, -0.2) is 55.8 Å². The van der Waals surface area contributed by atoms with E-state index in [1.807, 2.05) is 6.07 Å². The fourth-order valence-electron chi connectivity index (χ4n) is 3.13. The molecule has 3 heteroatoms. The number of rotatable bonds is 3. The van der Waals surface area contributed by atoms with Crippen LogP contribution in [0.5, 0.6) is 5.75 Å². The molecule has 0 radical (unpaired) electrons. The molecule has 4 rings (SSSR count). The second-order valence-corrected chi connectivity index (χ2v) is 5.36. The van der Waals surface area contributed by atoms with Gasteiger partial charge in [0.1, 0.15) is 12.3 Å². The monoisotopic (exact) mass is 233 g/mol. The molecule has 3 fully saturated rings. The Kier molecular flexibility index (Phi) is 2.81. The largest absolute Gasteiger partial charge is 0.497 e. The Bertz CT molecular complexity index is 383. The van der Waals surface area contributed by atoms with E-state index in [-0.39, 0.29) is 0 Å². The van der Waals surface area contributed by atoms with Crippen molar-refractivity contribution < 1.29 is 9.22 Å². The molecular weight excluding hydrogens is 212 g/mol. The predicted octanol–water partition coefficient (Wildman–Crippen LogP) is 1.34. The number of hydrogen-bond donors (Lipinski definition) is 0. The molecule has 1 aromatic carbocycles. The molecule has 17 heavy (non-hydrogen) atoms. The Morgan fingerprint density at radius 1 is 1.18 bits per heavy atom. The van der Waals surface area contributed by atoms with Gasteiger partial charge in [0.15, 0.2) is 0 Å². The maximum Gasteiger partial charge on any atom is 0.119 e. The second-order valence-electron chi connectivity index (χ2n) is 5.36. The van der Waals surface area contributed by atoms with Crippen LogP contribution in [-0.2, 0) is 6.54 Å². The van der Waals surface area contributed by atoms with Crippen molar-refractivity contribution in [2.75, 3.05) is 46.4 Å². The minimum Gasteiger partial charge on any atom is -0.497 e. The van der Waals surface area contributed by atoms with Crippen molar-refractivity contribution in [1.29, 1.82) is 0 Å². The average molecular weight is 233 g/mol. The van der Waals surface area contributed by atoms with Crippen LogP contribution in [0.2, 0.25) is 0 Å². The number of methoxy groups -OCH3 is 1. The first-order chi connectivity index (χ1) is 8.30. The smallest absolute Gasteiger partial charge is 0.119 e. The van der Waals surface area contributed by atoms with Gasteiger partial charge >= 0.3 is 0 Å². The highest BCUT2D eigenvalue weighted by atomic mass is 16.5. The van der Waals surface area contributed by atoms with Gasteiger partial charge in [0.2, 0.25) is 0 Å². The van der Waals surface area contributed by atoms with Crippen molar-refractivity contribution in [3.63, 3.8) is 0 Å². The zero-order chi connectivity index (χ0) is 11.7. The first-order valence-electron chi connectivity index (χ1n) is 6.50. The van der Waals surface area contributed by atoms with Crippen molar-refractivity contribution in [1.82, 2.24) is 4.90 Å². The van der Waals surface area contributed by atoms with E-state index >= 15 is 0 Å². The Balaban J connectivity index is 1.76. The number of fused-ring (bicyclic) bond motifs is 3. The van der Waals surface area contributed by atoms with Gasteiger partial charge in [-0.2, -0.15) is 0 Å². The van der Waals surface area contributed by atoms with Gasteiger partial charge < -0.3 is 9.22 Å². The third kappa shape index (κ3) is 2.17. The number of benzene rings is 1. The van der Waals surface area contributed by atoms with Crippen molar-refractivity contribution in [3.8, 4) is 5.75 Å². The lowest BCUT2D eigenvalue weighted by atomic mass is 10.1. The quantitative estimate of drug-likeness (QED) is 0.731. The van der Waals surface area contributed by atoms with Crippen LogP contribution < -0.4 is 4.74 Å². The maximum atomic E-state index is 5.31. The average Bonchev–Trinajstić information content (AvgIpc) is 2.40. The molecule has 1 aromatic rings. The molecule has 92 valence electrons. The molecule has 3 heterocycles. The summed E-state index contributed by atoms with van der Waals surface area (Å²) in [4.78, 5) is 2.59. The number of nitrogens with zero attached hydrogens (tertiary/aromatic N) is 2. The molecule has 3 saturated heterocycles. The number of ether oxygens (including phenoxy) is 1. The Hall–Kier alpha value is -1.06. The standard InChI is InChI=1S/C14H21N2O/c1-17-14-4-2-3-13(11-14)12-16-8-5-15(6-9-16)7-10-16/h2-4,11H,5-10,12H2,1H3/q+1. The van der Waals surface area contributed by atoms with Crippen molar-refractivity contribution in [2.45, 2.75) is 6.54 Å². The molecule has 0 atom stereocenters. The molecule has 0 N–H and O–H groups in total. The summed E-state index contributed by atoms with van der Waals surface area (Å²) in [5.74, 6) is 0.983. The molecule has 0 amide bonds. The normalized spacial score (nSPS) is 31.5. The highest BCUT2D eigenvalue weighted by Crippen LogP contribution is 2.24. The number of piperazine rings is 3. The minimum atomic E-state index is 0.983. The van der Waals surface area contributed by atoms with Gasteiger partial charge in [0.05, 0.1) is 26.7 Å². The van der Waals surface area contributed by atoms with E-state index in [0.717, 1.165) is 5.75 Å². The Labute approximate surface area is 103 Å². The zero-order valence-corrected chi connectivity index (χ0v) is 10.6. The van der Waals surface area contributed by atoms with E-state index in [1.54, 1.807) is 7.11 Å². The van der Waals surface area contributed by atoms with Crippen LogP contribution in [0.3, 0.4) is 0 Å². The third-order valence-electron chi connectivity index (χ3n) is 4.32. The van der Waals surface area contributed by atoms with E-state index in [2.05, 4.69) is 23.1 Å². The van der Waals surface area contributed by atoms with Gasteiger partial charge in [-0.15, -0.1) is 0 Å². The molecule has 3 aliphatic heterocycles. The van der Waals surface area contributed by atoms with E-state index in [4.69, 9.17) is 4.74 Å². The predicted molar refractivity (Wildman–Crippen MR) is 68.0 cm³/mol. The maximum absolute atomic E-state index is 5.31. The summed E-state index contributed by atoms with van der Waals surface area (Å²) in [5, 5.41) is 0. The molecule has 0 aliphatic carbocycles. The lowest BCUT2D eigenvalue weighted by Crippen LogP contribution is -2.66. The summed E-state index contributed by atoms with van der Waals surface area (Å²) in [5.41, 5.74) is 1.42. The molecule has 0 saturated carbocycles. The summed E-state index contributed by atoms with van der Waals surface area (Å²) in [6.07, 6.45) is 0. The van der Waals surface area contributed by atoms with Crippen LogP contribution in [0, 0.1) is 0 Å². The fourth-order valence-corrected chi connectivity index (χ4v) is 3.13. The highest BCUT2D eigenvalue weighted by Gasteiger charge is 2.38. The Morgan fingerprint density at radius 2 is 1.88 bits per heavy atom. The molecule has 2 bridgehead atoms. The van der Waals surface area contributed by atoms with Crippen LogP contribution >= 0.6 is 0 Å². The van der Waals surface area contributed by atoms with Gasteiger partial charge in [-0.3, -0.25) is 4.90 Å². The molecule has 3 nitrogen and oxygen atoms in total. The van der Waals surface area contributed by atoms with Gasteiger partial charge in [-0.25, -0.2) is 0 Å². The molecule has 0 spiro atoms. The minimum absolute atomic E-state index is 0.983. The van der Waals surface area contributed by atoms with Crippen LogP contribution in [0.25, 0.3) is 0 Å². The van der Waals surface area contributed by atoms with Crippen LogP contribution in [0.4, 0.5) is 0 Å². The first-order valence-corrected chi connectivity index (χ1v) is 6.50. The summed E-state index contributed by atoms with van der Waals surface area (Å²) < 4.78 is 6.59. The van der Waals surface area contributed by atoms with Gasteiger partial charge in [-0.1, -0.05) is 12.1 Å². The molecule has 0 aromatic heterocycles. The van der Waals surface area contributed by atoms with E-state index in [1.165, 1.54) is 55.9 Å². The van der Waals surface area contributed by atoms with Gasteiger partial charge in [0, 0.05) is 25.2 Å². The summed E-state index contributed by atoms with van der Waals surface area (Å²) in [6, 6.07) is 8.55. The lowest BCUT2D eigenvalue weighted by molar-refractivity contribution is -0.953. The summed E-state index contributed by atoms with van der Waals surface area (Å²) in [6.45, 7) is 8.97.